The maximum absolute atomic E-state index is 13.3. The van der Waals surface area contributed by atoms with Gasteiger partial charge in [-0.3, -0.25) is 9.59 Å². The number of imide groups is 1. The minimum Gasteiger partial charge on any atom is -0.459 e. The van der Waals surface area contributed by atoms with E-state index in [4.69, 9.17) is 23.8 Å². The van der Waals surface area contributed by atoms with E-state index in [1.807, 2.05) is 0 Å². The highest BCUT2D eigenvalue weighted by Gasteiger charge is 2.55. The molecule has 220 valence electrons. The largest absolute Gasteiger partial charge is 0.459 e. The number of carbonyl (C=O) groups is 6. The van der Waals surface area contributed by atoms with Crippen LogP contribution in [0.15, 0.2) is 91.0 Å². The summed E-state index contributed by atoms with van der Waals surface area (Å²) in [4.78, 5) is 81.4. The van der Waals surface area contributed by atoms with Gasteiger partial charge in [0.15, 0.2) is 18.3 Å². The summed E-state index contributed by atoms with van der Waals surface area (Å²) in [5, 5.41) is 0.315. The number of amides is 2. The molecule has 12 nitrogen and oxygen atoms in total. The molecule has 3 aromatic carbocycles. The Morgan fingerprint density at radius 1 is 0.651 bits per heavy atom. The van der Waals surface area contributed by atoms with Gasteiger partial charge in [-0.1, -0.05) is 54.6 Å². The number of rotatable bonds is 9. The van der Waals surface area contributed by atoms with Crippen molar-refractivity contribution in [2.75, 3.05) is 6.61 Å². The summed E-state index contributed by atoms with van der Waals surface area (Å²) in [7, 11) is 0. The van der Waals surface area contributed by atoms with E-state index >= 15 is 0 Å². The van der Waals surface area contributed by atoms with Crippen molar-refractivity contribution in [1.29, 1.82) is 0 Å². The maximum atomic E-state index is 13.3. The molecule has 12 heteroatoms. The SMILES string of the molecule is O=C(OC[C@H]1O[C@@H](C(=O)ON2C(=O)CCC2=O)[C@H](OC(=O)c2ccccc2)[C@@H]1OC(=O)c1ccccc1)c1ccccc1. The van der Waals surface area contributed by atoms with E-state index in [1.54, 1.807) is 54.6 Å². The lowest BCUT2D eigenvalue weighted by molar-refractivity contribution is -0.207. The third-order valence-electron chi connectivity index (χ3n) is 6.62. The molecular formula is C31H25NO11. The van der Waals surface area contributed by atoms with Crippen LogP contribution in [-0.2, 0) is 38.2 Å². The monoisotopic (exact) mass is 587 g/mol. The van der Waals surface area contributed by atoms with Crippen molar-refractivity contribution in [3.8, 4) is 0 Å². The lowest BCUT2D eigenvalue weighted by Crippen LogP contribution is -2.45. The van der Waals surface area contributed by atoms with Gasteiger partial charge in [-0.2, -0.15) is 0 Å². The smallest absolute Gasteiger partial charge is 0.365 e. The highest BCUT2D eigenvalue weighted by Crippen LogP contribution is 2.31. The van der Waals surface area contributed by atoms with Gasteiger partial charge in [-0.25, -0.2) is 19.2 Å². The van der Waals surface area contributed by atoms with E-state index < -0.39 is 66.7 Å². The van der Waals surface area contributed by atoms with Crippen molar-refractivity contribution in [2.45, 2.75) is 37.3 Å². The van der Waals surface area contributed by atoms with Crippen LogP contribution in [0.1, 0.15) is 43.9 Å². The molecule has 4 atom stereocenters. The number of esters is 3. The second kappa shape index (κ2) is 13.1. The van der Waals surface area contributed by atoms with Gasteiger partial charge in [-0.15, -0.1) is 5.06 Å². The molecule has 3 aromatic rings. The van der Waals surface area contributed by atoms with E-state index in [0.717, 1.165) is 0 Å². The quantitative estimate of drug-likeness (QED) is 0.206. The van der Waals surface area contributed by atoms with Crippen molar-refractivity contribution >= 4 is 35.7 Å². The fraction of sp³-hybridized carbons (Fsp3) is 0.226. The molecule has 2 aliphatic rings. The van der Waals surface area contributed by atoms with E-state index in [0.29, 0.717) is 5.06 Å². The molecule has 0 aromatic heterocycles. The molecule has 0 N–H and O–H groups in total. The van der Waals surface area contributed by atoms with Gasteiger partial charge in [0.1, 0.15) is 12.7 Å². The third-order valence-corrected chi connectivity index (χ3v) is 6.62. The first-order valence-corrected chi connectivity index (χ1v) is 13.3. The zero-order valence-electron chi connectivity index (χ0n) is 22.5. The summed E-state index contributed by atoms with van der Waals surface area (Å²) in [6.45, 7) is -0.523. The predicted molar refractivity (Wildman–Crippen MR) is 144 cm³/mol. The lowest BCUT2D eigenvalue weighted by atomic mass is 10.1. The summed E-state index contributed by atoms with van der Waals surface area (Å²) in [6, 6.07) is 23.7. The minimum atomic E-state index is -1.78. The number of hydrogen-bond acceptors (Lipinski definition) is 11. The summed E-state index contributed by atoms with van der Waals surface area (Å²) in [5.41, 5.74) is 0.494. The average Bonchev–Trinajstić information content (AvgIpc) is 3.54. The average molecular weight is 588 g/mol. The highest BCUT2D eigenvalue weighted by atomic mass is 16.7. The Morgan fingerprint density at radius 3 is 1.58 bits per heavy atom. The highest BCUT2D eigenvalue weighted by molar-refractivity contribution is 6.02. The maximum Gasteiger partial charge on any atom is 0.365 e. The molecule has 0 aliphatic carbocycles. The van der Waals surface area contributed by atoms with Gasteiger partial charge in [0.05, 0.1) is 16.7 Å². The molecule has 2 heterocycles. The van der Waals surface area contributed by atoms with E-state index in [9.17, 15) is 28.8 Å². The summed E-state index contributed by atoms with van der Waals surface area (Å²) in [5.74, 6) is -5.19. The second-order valence-electron chi connectivity index (χ2n) is 9.52. The fourth-order valence-electron chi connectivity index (χ4n) is 4.47. The first kappa shape index (κ1) is 29.1. The number of hydroxylamine groups is 2. The second-order valence-corrected chi connectivity index (χ2v) is 9.52. The van der Waals surface area contributed by atoms with Gasteiger partial charge >= 0.3 is 23.9 Å². The van der Waals surface area contributed by atoms with Crippen molar-refractivity contribution < 1.29 is 52.6 Å². The molecule has 5 rings (SSSR count). The van der Waals surface area contributed by atoms with Gasteiger partial charge < -0.3 is 23.8 Å². The van der Waals surface area contributed by atoms with E-state index in [2.05, 4.69) is 0 Å². The van der Waals surface area contributed by atoms with Crippen LogP contribution >= 0.6 is 0 Å². The number of benzene rings is 3. The van der Waals surface area contributed by atoms with Crippen LogP contribution in [0.2, 0.25) is 0 Å². The zero-order chi connectivity index (χ0) is 30.3. The molecule has 0 spiro atoms. The molecule has 2 saturated heterocycles. The van der Waals surface area contributed by atoms with Crippen LogP contribution in [-0.4, -0.2) is 71.8 Å². The van der Waals surface area contributed by atoms with Crippen LogP contribution in [0.5, 0.6) is 0 Å². The molecule has 2 fully saturated rings. The Morgan fingerprint density at radius 2 is 1.09 bits per heavy atom. The summed E-state index contributed by atoms with van der Waals surface area (Å²) in [6.07, 6.45) is -6.51. The Kier molecular flexibility index (Phi) is 8.87. The molecule has 0 saturated carbocycles. The standard InChI is InChI=1S/C31H25NO11/c33-23-16-17-24(34)32(23)43-31(38)27-26(42-30(37)21-14-8-3-9-15-21)25(41-29(36)20-12-6-2-7-13-20)22(40-27)18-39-28(35)19-10-4-1-5-11-19/h1-15,22,25-27H,16-18H2/t22-,25-,26-,27-/m1/s1. The van der Waals surface area contributed by atoms with Crippen LogP contribution in [0.4, 0.5) is 0 Å². The van der Waals surface area contributed by atoms with Gasteiger partial charge in [0.2, 0.25) is 0 Å². The normalized spacial score (nSPS) is 21.3. The Labute approximate surface area is 245 Å². The molecule has 43 heavy (non-hydrogen) atoms. The van der Waals surface area contributed by atoms with Crippen LogP contribution in [0, 0.1) is 0 Å². The molecular weight excluding hydrogens is 562 g/mol. The number of nitrogens with zero attached hydrogens (tertiary/aromatic N) is 1. The fourth-order valence-corrected chi connectivity index (χ4v) is 4.47. The van der Waals surface area contributed by atoms with E-state index in [1.165, 1.54) is 36.4 Å². The van der Waals surface area contributed by atoms with Gasteiger partial charge in [0, 0.05) is 12.8 Å². The lowest BCUT2D eigenvalue weighted by Gasteiger charge is -2.24. The van der Waals surface area contributed by atoms with Gasteiger partial charge in [0.25, 0.3) is 11.8 Å². The minimum absolute atomic E-state index is 0.117. The van der Waals surface area contributed by atoms with Crippen molar-refractivity contribution in [3.05, 3.63) is 108 Å². The van der Waals surface area contributed by atoms with Crippen molar-refractivity contribution in [1.82, 2.24) is 5.06 Å². The topological polar surface area (TPSA) is 152 Å². The molecule has 0 bridgehead atoms. The summed E-state index contributed by atoms with van der Waals surface area (Å²) >= 11 is 0. The van der Waals surface area contributed by atoms with Crippen molar-refractivity contribution in [2.24, 2.45) is 0 Å². The number of carbonyl (C=O) groups excluding carboxylic acids is 6. The predicted octanol–water partition coefficient (Wildman–Crippen LogP) is 2.67. The molecule has 0 radical (unpaired) electrons. The third kappa shape index (κ3) is 6.76. The Bertz CT molecular complexity index is 1490. The first-order valence-electron chi connectivity index (χ1n) is 13.3. The Balaban J connectivity index is 1.44. The number of ether oxygens (including phenoxy) is 4. The van der Waals surface area contributed by atoms with E-state index in [-0.39, 0.29) is 29.5 Å². The van der Waals surface area contributed by atoms with Gasteiger partial charge in [-0.05, 0) is 36.4 Å². The Hall–Kier alpha value is -5.36. The zero-order valence-corrected chi connectivity index (χ0v) is 22.5. The first-order chi connectivity index (χ1) is 20.8. The molecule has 2 amide bonds. The number of hydrogen-bond donors (Lipinski definition) is 0. The van der Waals surface area contributed by atoms with Crippen LogP contribution in [0.3, 0.4) is 0 Å². The summed E-state index contributed by atoms with van der Waals surface area (Å²) < 4.78 is 22.6. The molecule has 0 unspecified atom stereocenters. The van der Waals surface area contributed by atoms with Crippen LogP contribution in [0.25, 0.3) is 0 Å². The molecule has 2 aliphatic heterocycles. The van der Waals surface area contributed by atoms with Crippen molar-refractivity contribution in [3.63, 3.8) is 0 Å². The van der Waals surface area contributed by atoms with Crippen LogP contribution < -0.4 is 0 Å².